The SMILES string of the molecule is CC(NC(=O)Cn1nc(-c2ccccc2)ccc1=O)(c1ccccc1)c1ccccc1. The Labute approximate surface area is 181 Å². The van der Waals surface area contributed by atoms with Gasteiger partial charge in [0, 0.05) is 11.6 Å². The molecule has 0 unspecified atom stereocenters. The number of nitrogens with one attached hydrogen (secondary N) is 1. The van der Waals surface area contributed by atoms with Gasteiger partial charge in [-0.3, -0.25) is 9.59 Å². The van der Waals surface area contributed by atoms with Crippen molar-refractivity contribution >= 4 is 5.91 Å². The van der Waals surface area contributed by atoms with Gasteiger partial charge in [-0.1, -0.05) is 91.0 Å². The normalized spacial score (nSPS) is 11.1. The maximum absolute atomic E-state index is 13.1. The van der Waals surface area contributed by atoms with Crippen LogP contribution in [0.4, 0.5) is 0 Å². The first-order valence-electron chi connectivity index (χ1n) is 10.1. The van der Waals surface area contributed by atoms with Crippen molar-refractivity contribution in [1.82, 2.24) is 15.1 Å². The molecule has 0 fully saturated rings. The van der Waals surface area contributed by atoms with E-state index >= 15 is 0 Å². The van der Waals surface area contributed by atoms with Crippen LogP contribution in [0.2, 0.25) is 0 Å². The Kier molecular flexibility index (Phi) is 5.76. The molecule has 1 aromatic heterocycles. The predicted octanol–water partition coefficient (Wildman–Crippen LogP) is 3.99. The second-order valence-electron chi connectivity index (χ2n) is 7.49. The van der Waals surface area contributed by atoms with Crippen molar-refractivity contribution in [1.29, 1.82) is 0 Å². The summed E-state index contributed by atoms with van der Waals surface area (Å²) in [6.07, 6.45) is 0. The fourth-order valence-corrected chi connectivity index (χ4v) is 3.63. The molecule has 0 radical (unpaired) electrons. The van der Waals surface area contributed by atoms with Crippen LogP contribution in [0.5, 0.6) is 0 Å². The molecular weight excluding hydrogens is 386 g/mol. The van der Waals surface area contributed by atoms with Crippen LogP contribution in [-0.4, -0.2) is 15.7 Å². The minimum Gasteiger partial charge on any atom is -0.341 e. The number of rotatable bonds is 6. The zero-order valence-corrected chi connectivity index (χ0v) is 17.2. The smallest absolute Gasteiger partial charge is 0.267 e. The lowest BCUT2D eigenvalue weighted by molar-refractivity contribution is -0.123. The quantitative estimate of drug-likeness (QED) is 0.524. The van der Waals surface area contributed by atoms with E-state index < -0.39 is 5.54 Å². The van der Waals surface area contributed by atoms with Gasteiger partial charge in [-0.05, 0) is 24.1 Å². The molecule has 0 bridgehead atoms. The van der Waals surface area contributed by atoms with Gasteiger partial charge in [-0.25, -0.2) is 4.68 Å². The Balaban J connectivity index is 1.63. The van der Waals surface area contributed by atoms with Gasteiger partial charge in [0.2, 0.25) is 5.91 Å². The summed E-state index contributed by atoms with van der Waals surface area (Å²) in [6, 6.07) is 32.2. The molecule has 1 heterocycles. The lowest BCUT2D eigenvalue weighted by Gasteiger charge is -2.32. The summed E-state index contributed by atoms with van der Waals surface area (Å²) in [6.45, 7) is 1.79. The Bertz CT molecular complexity index is 1180. The zero-order valence-electron chi connectivity index (χ0n) is 17.2. The fraction of sp³-hybridized carbons (Fsp3) is 0.115. The first-order chi connectivity index (χ1) is 15.1. The molecule has 0 spiro atoms. The maximum Gasteiger partial charge on any atom is 0.267 e. The maximum atomic E-state index is 13.1. The summed E-state index contributed by atoms with van der Waals surface area (Å²) in [5.74, 6) is -0.296. The largest absolute Gasteiger partial charge is 0.341 e. The van der Waals surface area contributed by atoms with E-state index in [2.05, 4.69) is 10.4 Å². The average Bonchev–Trinajstić information content (AvgIpc) is 2.82. The first-order valence-corrected chi connectivity index (χ1v) is 10.1. The number of hydrogen-bond acceptors (Lipinski definition) is 3. The summed E-state index contributed by atoms with van der Waals surface area (Å²) in [5, 5.41) is 7.52. The van der Waals surface area contributed by atoms with Crippen LogP contribution in [0, 0.1) is 0 Å². The second-order valence-corrected chi connectivity index (χ2v) is 7.49. The summed E-state index contributed by atoms with van der Waals surface area (Å²) in [7, 11) is 0. The minimum atomic E-state index is -0.750. The molecule has 31 heavy (non-hydrogen) atoms. The minimum absolute atomic E-state index is 0.172. The average molecular weight is 409 g/mol. The van der Waals surface area contributed by atoms with Gasteiger partial charge >= 0.3 is 0 Å². The van der Waals surface area contributed by atoms with Crippen molar-refractivity contribution in [2.24, 2.45) is 0 Å². The molecule has 0 atom stereocenters. The van der Waals surface area contributed by atoms with E-state index in [9.17, 15) is 9.59 Å². The second kappa shape index (κ2) is 8.79. The number of carbonyl (C=O) groups is 1. The third kappa shape index (κ3) is 4.46. The van der Waals surface area contributed by atoms with Crippen LogP contribution >= 0.6 is 0 Å². The van der Waals surface area contributed by atoms with E-state index in [-0.39, 0.29) is 18.0 Å². The van der Waals surface area contributed by atoms with Crippen molar-refractivity contribution in [3.8, 4) is 11.3 Å². The molecule has 5 nitrogen and oxygen atoms in total. The van der Waals surface area contributed by atoms with E-state index in [0.717, 1.165) is 16.7 Å². The number of amides is 1. The number of hydrogen-bond donors (Lipinski definition) is 1. The summed E-state index contributed by atoms with van der Waals surface area (Å²) >= 11 is 0. The molecule has 0 saturated heterocycles. The standard InChI is InChI=1S/C26H23N3O2/c1-26(21-13-7-3-8-14-21,22-15-9-4-10-16-22)27-24(30)19-29-25(31)18-17-23(28-29)20-11-5-2-6-12-20/h2-18H,19H2,1H3,(H,27,30). The predicted molar refractivity (Wildman–Crippen MR) is 121 cm³/mol. The van der Waals surface area contributed by atoms with Gasteiger partial charge < -0.3 is 5.32 Å². The van der Waals surface area contributed by atoms with Crippen molar-refractivity contribution in [3.63, 3.8) is 0 Å². The molecular formula is C26H23N3O2. The summed E-state index contributed by atoms with van der Waals surface area (Å²) < 4.78 is 1.20. The molecule has 154 valence electrons. The highest BCUT2D eigenvalue weighted by molar-refractivity contribution is 5.77. The Hall–Kier alpha value is -3.99. The molecule has 3 aromatic carbocycles. The Morgan fingerprint density at radius 3 is 1.87 bits per heavy atom. The van der Waals surface area contributed by atoms with E-state index in [1.807, 2.05) is 97.9 Å². The van der Waals surface area contributed by atoms with Gasteiger partial charge in [-0.2, -0.15) is 5.10 Å². The zero-order chi connectivity index (χ0) is 21.7. The first kappa shape index (κ1) is 20.3. The molecule has 0 saturated carbocycles. The van der Waals surface area contributed by atoms with E-state index in [1.54, 1.807) is 6.07 Å². The third-order valence-corrected chi connectivity index (χ3v) is 5.32. The number of benzene rings is 3. The van der Waals surface area contributed by atoms with Crippen molar-refractivity contribution in [2.75, 3.05) is 0 Å². The molecule has 1 amide bonds. The third-order valence-electron chi connectivity index (χ3n) is 5.32. The Morgan fingerprint density at radius 1 is 0.806 bits per heavy atom. The van der Waals surface area contributed by atoms with E-state index in [4.69, 9.17) is 0 Å². The van der Waals surface area contributed by atoms with Crippen LogP contribution < -0.4 is 10.9 Å². The van der Waals surface area contributed by atoms with Gasteiger partial charge in [0.15, 0.2) is 0 Å². The van der Waals surface area contributed by atoms with Gasteiger partial charge in [0.25, 0.3) is 5.56 Å². The van der Waals surface area contributed by atoms with Crippen LogP contribution in [-0.2, 0) is 16.9 Å². The van der Waals surface area contributed by atoms with Crippen molar-refractivity contribution in [3.05, 3.63) is 125 Å². The number of carbonyl (C=O) groups excluding carboxylic acids is 1. The van der Waals surface area contributed by atoms with Crippen LogP contribution in [0.15, 0.2) is 108 Å². The molecule has 0 aliphatic rings. The highest BCUT2D eigenvalue weighted by atomic mass is 16.2. The number of aromatic nitrogens is 2. The van der Waals surface area contributed by atoms with E-state index in [1.165, 1.54) is 10.7 Å². The summed E-state index contributed by atoms with van der Waals surface area (Å²) in [5.41, 5.74) is 2.36. The molecule has 4 rings (SSSR count). The van der Waals surface area contributed by atoms with Crippen LogP contribution in [0.25, 0.3) is 11.3 Å². The molecule has 1 N–H and O–H groups in total. The number of nitrogens with zero attached hydrogens (tertiary/aromatic N) is 2. The van der Waals surface area contributed by atoms with Gasteiger partial charge in [0.05, 0.1) is 11.2 Å². The summed E-state index contributed by atoms with van der Waals surface area (Å²) in [4.78, 5) is 25.4. The lowest BCUT2D eigenvalue weighted by atomic mass is 9.84. The van der Waals surface area contributed by atoms with Crippen molar-refractivity contribution in [2.45, 2.75) is 19.0 Å². The Morgan fingerprint density at radius 2 is 1.32 bits per heavy atom. The van der Waals surface area contributed by atoms with Crippen molar-refractivity contribution < 1.29 is 4.79 Å². The highest BCUT2D eigenvalue weighted by Gasteiger charge is 2.30. The molecule has 5 heteroatoms. The molecule has 0 aliphatic carbocycles. The van der Waals surface area contributed by atoms with Gasteiger partial charge in [0.1, 0.15) is 6.54 Å². The molecule has 4 aromatic rings. The van der Waals surface area contributed by atoms with Gasteiger partial charge in [-0.15, -0.1) is 0 Å². The van der Waals surface area contributed by atoms with E-state index in [0.29, 0.717) is 5.69 Å². The topological polar surface area (TPSA) is 64.0 Å². The van der Waals surface area contributed by atoms with Crippen LogP contribution in [0.1, 0.15) is 18.1 Å². The highest BCUT2D eigenvalue weighted by Crippen LogP contribution is 2.29. The fourth-order valence-electron chi connectivity index (χ4n) is 3.63. The lowest BCUT2D eigenvalue weighted by Crippen LogP contribution is -2.46. The monoisotopic (exact) mass is 409 g/mol. The van der Waals surface area contributed by atoms with Crippen LogP contribution in [0.3, 0.4) is 0 Å². The molecule has 0 aliphatic heterocycles.